The molecule has 0 atom stereocenters. The van der Waals surface area contributed by atoms with Gasteiger partial charge in [0.1, 0.15) is 16.0 Å². The van der Waals surface area contributed by atoms with Crippen LogP contribution in [0.15, 0.2) is 33.5 Å². The molecule has 0 aliphatic rings. The Labute approximate surface area is 120 Å². The minimum atomic E-state index is -0.170. The minimum Gasteiger partial charge on any atom is -0.497 e. The summed E-state index contributed by atoms with van der Waals surface area (Å²) in [6.07, 6.45) is 0. The van der Waals surface area contributed by atoms with Crippen LogP contribution in [0.1, 0.15) is 25.5 Å². The fraction of sp³-hybridized carbons (Fsp3) is 0.286. The lowest BCUT2D eigenvalue weighted by molar-refractivity contribution is 0.415. The van der Waals surface area contributed by atoms with Gasteiger partial charge in [0, 0.05) is 5.56 Å². The molecule has 0 saturated heterocycles. The van der Waals surface area contributed by atoms with Gasteiger partial charge in [0.15, 0.2) is 0 Å². The van der Waals surface area contributed by atoms with Crippen molar-refractivity contribution in [3.8, 4) is 17.1 Å². The average Bonchev–Trinajstić information content (AvgIpc) is 2.41. The van der Waals surface area contributed by atoms with Gasteiger partial charge in [0.2, 0.25) is 0 Å². The zero-order chi connectivity index (χ0) is 14.0. The molecule has 0 radical (unpaired) electrons. The number of aromatic amines is 1. The van der Waals surface area contributed by atoms with E-state index in [-0.39, 0.29) is 11.5 Å². The molecule has 0 fully saturated rings. The quantitative estimate of drug-likeness (QED) is 0.943. The van der Waals surface area contributed by atoms with Gasteiger partial charge in [-0.25, -0.2) is 4.98 Å². The van der Waals surface area contributed by atoms with E-state index in [4.69, 9.17) is 4.74 Å². The van der Waals surface area contributed by atoms with Gasteiger partial charge in [-0.05, 0) is 34.0 Å². The highest BCUT2D eigenvalue weighted by molar-refractivity contribution is 9.10. The summed E-state index contributed by atoms with van der Waals surface area (Å²) in [6, 6.07) is 7.45. The van der Waals surface area contributed by atoms with E-state index in [9.17, 15) is 4.79 Å². The number of halogens is 1. The van der Waals surface area contributed by atoms with Gasteiger partial charge in [-0.15, -0.1) is 0 Å². The van der Waals surface area contributed by atoms with Crippen LogP contribution in [0, 0.1) is 0 Å². The van der Waals surface area contributed by atoms with Gasteiger partial charge < -0.3 is 9.72 Å². The first-order chi connectivity index (χ1) is 9.02. The first-order valence-electron chi connectivity index (χ1n) is 5.97. The summed E-state index contributed by atoms with van der Waals surface area (Å²) in [5.41, 5.74) is 1.41. The van der Waals surface area contributed by atoms with Crippen LogP contribution in [0.25, 0.3) is 11.4 Å². The van der Waals surface area contributed by atoms with Gasteiger partial charge in [0.05, 0.1) is 12.8 Å². The molecule has 1 aromatic carbocycles. The fourth-order valence-corrected chi connectivity index (χ4v) is 2.41. The van der Waals surface area contributed by atoms with Crippen molar-refractivity contribution >= 4 is 15.9 Å². The van der Waals surface area contributed by atoms with Crippen LogP contribution in [0.3, 0.4) is 0 Å². The van der Waals surface area contributed by atoms with Crippen LogP contribution in [-0.4, -0.2) is 17.1 Å². The van der Waals surface area contributed by atoms with Gasteiger partial charge in [-0.1, -0.05) is 26.0 Å². The van der Waals surface area contributed by atoms with Crippen molar-refractivity contribution in [1.82, 2.24) is 9.97 Å². The number of rotatable bonds is 3. The van der Waals surface area contributed by atoms with E-state index in [0.29, 0.717) is 10.3 Å². The van der Waals surface area contributed by atoms with Crippen LogP contribution < -0.4 is 10.3 Å². The molecule has 2 rings (SSSR count). The molecule has 100 valence electrons. The lowest BCUT2D eigenvalue weighted by Gasteiger charge is -2.10. The smallest absolute Gasteiger partial charge is 0.265 e. The third-order valence-corrected chi connectivity index (χ3v) is 3.54. The Kier molecular flexibility index (Phi) is 4.04. The van der Waals surface area contributed by atoms with Crippen molar-refractivity contribution in [2.24, 2.45) is 0 Å². The van der Waals surface area contributed by atoms with E-state index in [0.717, 1.165) is 17.0 Å². The van der Waals surface area contributed by atoms with E-state index in [2.05, 4.69) is 25.9 Å². The summed E-state index contributed by atoms with van der Waals surface area (Å²) in [4.78, 5) is 19.2. The monoisotopic (exact) mass is 322 g/mol. The maximum atomic E-state index is 11.9. The topological polar surface area (TPSA) is 55.0 Å². The molecule has 0 amide bonds. The number of methoxy groups -OCH3 is 1. The standard InChI is InChI=1S/C14H15BrN2O2/c1-8(2)12-11(15)14(18)17-13(16-12)9-5-4-6-10(7-9)19-3/h4-8H,1-3H3,(H,16,17,18). The molecule has 0 aliphatic carbocycles. The average molecular weight is 323 g/mol. The zero-order valence-electron chi connectivity index (χ0n) is 11.0. The summed E-state index contributed by atoms with van der Waals surface area (Å²) in [5.74, 6) is 1.45. The second-order valence-corrected chi connectivity index (χ2v) is 5.29. The lowest BCUT2D eigenvalue weighted by atomic mass is 10.1. The third kappa shape index (κ3) is 2.87. The SMILES string of the molecule is COc1cccc(-c2nc(C(C)C)c(Br)c(=O)[nH]2)c1. The van der Waals surface area contributed by atoms with E-state index in [1.54, 1.807) is 7.11 Å². The number of nitrogens with zero attached hydrogens (tertiary/aromatic N) is 1. The van der Waals surface area contributed by atoms with E-state index in [1.165, 1.54) is 0 Å². The second-order valence-electron chi connectivity index (χ2n) is 4.50. The molecule has 2 aromatic rings. The summed E-state index contributed by atoms with van der Waals surface area (Å²) in [6.45, 7) is 4.00. The molecular weight excluding hydrogens is 308 g/mol. The molecule has 0 spiro atoms. The van der Waals surface area contributed by atoms with E-state index in [1.807, 2.05) is 38.1 Å². The van der Waals surface area contributed by atoms with Gasteiger partial charge >= 0.3 is 0 Å². The fourth-order valence-electron chi connectivity index (χ4n) is 1.77. The first kappa shape index (κ1) is 13.8. The molecule has 0 saturated carbocycles. The summed E-state index contributed by atoms with van der Waals surface area (Å²) in [7, 11) is 1.61. The molecular formula is C14H15BrN2O2. The number of ether oxygens (including phenoxy) is 1. The Morgan fingerprint density at radius 1 is 1.37 bits per heavy atom. The second kappa shape index (κ2) is 5.57. The number of nitrogens with one attached hydrogen (secondary N) is 1. The Morgan fingerprint density at radius 2 is 2.11 bits per heavy atom. The number of aromatic nitrogens is 2. The van der Waals surface area contributed by atoms with Crippen molar-refractivity contribution in [2.45, 2.75) is 19.8 Å². The Morgan fingerprint density at radius 3 is 2.74 bits per heavy atom. The van der Waals surface area contributed by atoms with Crippen LogP contribution >= 0.6 is 15.9 Å². The van der Waals surface area contributed by atoms with Crippen molar-refractivity contribution < 1.29 is 4.74 Å². The molecule has 5 heteroatoms. The van der Waals surface area contributed by atoms with Gasteiger partial charge in [-0.3, -0.25) is 4.79 Å². The van der Waals surface area contributed by atoms with Crippen LogP contribution in [0.4, 0.5) is 0 Å². The van der Waals surface area contributed by atoms with Crippen molar-refractivity contribution in [1.29, 1.82) is 0 Å². The minimum absolute atomic E-state index is 0.168. The van der Waals surface area contributed by atoms with Crippen molar-refractivity contribution in [3.05, 3.63) is 44.8 Å². The molecule has 1 N–H and O–H groups in total. The van der Waals surface area contributed by atoms with Crippen molar-refractivity contribution in [3.63, 3.8) is 0 Å². The van der Waals surface area contributed by atoms with Gasteiger partial charge in [0.25, 0.3) is 5.56 Å². The Hall–Kier alpha value is -1.62. The Bertz CT molecular complexity index is 650. The molecule has 1 heterocycles. The third-order valence-electron chi connectivity index (χ3n) is 2.78. The predicted octanol–water partition coefficient (Wildman–Crippen LogP) is 3.33. The van der Waals surface area contributed by atoms with Crippen LogP contribution in [-0.2, 0) is 0 Å². The number of benzene rings is 1. The van der Waals surface area contributed by atoms with E-state index < -0.39 is 0 Å². The van der Waals surface area contributed by atoms with Crippen LogP contribution in [0.2, 0.25) is 0 Å². The molecule has 0 bridgehead atoms. The predicted molar refractivity (Wildman–Crippen MR) is 78.6 cm³/mol. The summed E-state index contributed by atoms with van der Waals surface area (Å²) >= 11 is 3.28. The van der Waals surface area contributed by atoms with E-state index >= 15 is 0 Å². The molecule has 4 nitrogen and oxygen atoms in total. The maximum Gasteiger partial charge on any atom is 0.265 e. The van der Waals surface area contributed by atoms with Gasteiger partial charge in [-0.2, -0.15) is 0 Å². The number of hydrogen-bond donors (Lipinski definition) is 1. The Balaban J connectivity index is 2.59. The van der Waals surface area contributed by atoms with Crippen molar-refractivity contribution in [2.75, 3.05) is 7.11 Å². The summed E-state index contributed by atoms with van der Waals surface area (Å²) in [5, 5.41) is 0. The first-order valence-corrected chi connectivity index (χ1v) is 6.76. The zero-order valence-corrected chi connectivity index (χ0v) is 12.6. The maximum absolute atomic E-state index is 11.9. The molecule has 0 aliphatic heterocycles. The normalized spacial score (nSPS) is 10.8. The number of H-pyrrole nitrogens is 1. The summed E-state index contributed by atoms with van der Waals surface area (Å²) < 4.78 is 5.67. The highest BCUT2D eigenvalue weighted by Crippen LogP contribution is 2.24. The molecule has 0 unspecified atom stereocenters. The molecule has 1 aromatic heterocycles. The van der Waals surface area contributed by atoms with Crippen LogP contribution in [0.5, 0.6) is 5.75 Å². The lowest BCUT2D eigenvalue weighted by Crippen LogP contribution is -2.14. The highest BCUT2D eigenvalue weighted by Gasteiger charge is 2.13. The largest absolute Gasteiger partial charge is 0.497 e. The number of hydrogen-bond acceptors (Lipinski definition) is 3. The molecule has 19 heavy (non-hydrogen) atoms. The highest BCUT2D eigenvalue weighted by atomic mass is 79.9.